The van der Waals surface area contributed by atoms with Crippen LogP contribution in [-0.4, -0.2) is 37.0 Å². The molecule has 22 heavy (non-hydrogen) atoms. The number of nitrogens with zero attached hydrogens (tertiary/aromatic N) is 1. The molecular formula is C19H28N2O. The molecule has 0 saturated carbocycles. The molecule has 0 aliphatic carbocycles. The van der Waals surface area contributed by atoms with Crippen LogP contribution < -0.4 is 5.32 Å². The Kier molecular flexibility index (Phi) is 5.14. The lowest BCUT2D eigenvalue weighted by Gasteiger charge is -2.40. The lowest BCUT2D eigenvalue weighted by atomic mass is 9.78. The Balaban J connectivity index is 1.65. The van der Waals surface area contributed by atoms with E-state index >= 15 is 0 Å². The van der Waals surface area contributed by atoms with Gasteiger partial charge in [-0.25, -0.2) is 0 Å². The zero-order chi connectivity index (χ0) is 15.4. The first-order valence-corrected chi connectivity index (χ1v) is 8.84. The van der Waals surface area contributed by atoms with Gasteiger partial charge in [0.25, 0.3) is 0 Å². The molecule has 2 aliphatic rings. The third-order valence-corrected chi connectivity index (χ3v) is 5.44. The van der Waals surface area contributed by atoms with E-state index < -0.39 is 0 Å². The highest BCUT2D eigenvalue weighted by molar-refractivity contribution is 5.79. The van der Waals surface area contributed by atoms with Crippen molar-refractivity contribution in [3.63, 3.8) is 0 Å². The van der Waals surface area contributed by atoms with Gasteiger partial charge in [-0.3, -0.25) is 4.79 Å². The summed E-state index contributed by atoms with van der Waals surface area (Å²) in [4.78, 5) is 14.9. The summed E-state index contributed by atoms with van der Waals surface area (Å²) in [5.74, 6) is 1.80. The van der Waals surface area contributed by atoms with E-state index in [4.69, 9.17) is 0 Å². The van der Waals surface area contributed by atoms with Gasteiger partial charge in [-0.05, 0) is 43.2 Å². The second-order valence-corrected chi connectivity index (χ2v) is 6.80. The van der Waals surface area contributed by atoms with E-state index in [1.807, 2.05) is 0 Å². The van der Waals surface area contributed by atoms with Gasteiger partial charge in [0, 0.05) is 19.6 Å². The zero-order valence-corrected chi connectivity index (χ0v) is 13.6. The van der Waals surface area contributed by atoms with Crippen LogP contribution >= 0.6 is 0 Å². The summed E-state index contributed by atoms with van der Waals surface area (Å²) in [7, 11) is 0. The molecule has 1 amide bonds. The summed E-state index contributed by atoms with van der Waals surface area (Å²) in [6, 6.07) is 10.8. The molecule has 3 atom stereocenters. The summed E-state index contributed by atoms with van der Waals surface area (Å²) < 4.78 is 0. The average Bonchev–Trinajstić information content (AvgIpc) is 2.62. The highest BCUT2D eigenvalue weighted by atomic mass is 16.2. The number of hydrogen-bond donors (Lipinski definition) is 1. The molecule has 2 fully saturated rings. The third kappa shape index (κ3) is 3.35. The summed E-state index contributed by atoms with van der Waals surface area (Å²) in [5.41, 5.74) is 1.45. The fraction of sp³-hybridized carbons (Fsp3) is 0.632. The number of likely N-dealkylation sites (tertiary alicyclic amines) is 1. The molecule has 2 saturated heterocycles. The molecule has 120 valence electrons. The summed E-state index contributed by atoms with van der Waals surface area (Å²) in [6.07, 6.45) is 4.44. The number of piperidine rings is 2. The van der Waals surface area contributed by atoms with Crippen LogP contribution in [0.5, 0.6) is 0 Å². The van der Waals surface area contributed by atoms with Crippen LogP contribution in [0, 0.1) is 11.8 Å². The minimum absolute atomic E-state index is 0.208. The molecule has 0 spiro atoms. The van der Waals surface area contributed by atoms with Gasteiger partial charge in [-0.1, -0.05) is 43.7 Å². The van der Waals surface area contributed by atoms with Gasteiger partial charge in [-0.2, -0.15) is 0 Å². The lowest BCUT2D eigenvalue weighted by molar-refractivity contribution is -0.138. The molecule has 2 heterocycles. The van der Waals surface area contributed by atoms with Crippen molar-refractivity contribution in [1.29, 1.82) is 0 Å². The van der Waals surface area contributed by atoms with Crippen molar-refractivity contribution in [2.45, 2.75) is 38.5 Å². The maximum atomic E-state index is 12.7. The van der Waals surface area contributed by atoms with Crippen molar-refractivity contribution in [2.75, 3.05) is 26.2 Å². The van der Waals surface area contributed by atoms with Crippen LogP contribution in [-0.2, 0) is 4.79 Å². The predicted octanol–water partition coefficient (Wildman–Crippen LogP) is 3.03. The van der Waals surface area contributed by atoms with Crippen LogP contribution in [0.2, 0.25) is 0 Å². The number of benzene rings is 1. The SMILES string of the molecule is CCC1CN(C(=O)C2CCCNC2)CCC1c1ccccc1. The third-order valence-electron chi connectivity index (χ3n) is 5.44. The number of hydrogen-bond acceptors (Lipinski definition) is 2. The van der Waals surface area contributed by atoms with Crippen LogP contribution in [0.1, 0.15) is 44.1 Å². The molecular weight excluding hydrogens is 272 g/mol. The molecule has 3 nitrogen and oxygen atoms in total. The minimum atomic E-state index is 0.208. The largest absolute Gasteiger partial charge is 0.342 e. The van der Waals surface area contributed by atoms with Gasteiger partial charge in [0.2, 0.25) is 5.91 Å². The fourth-order valence-electron chi connectivity index (χ4n) is 4.11. The monoisotopic (exact) mass is 300 g/mol. The van der Waals surface area contributed by atoms with E-state index in [1.165, 1.54) is 5.56 Å². The second kappa shape index (κ2) is 7.28. The number of amides is 1. The van der Waals surface area contributed by atoms with Crippen LogP contribution in [0.25, 0.3) is 0 Å². The molecule has 3 rings (SSSR count). The summed E-state index contributed by atoms with van der Waals surface area (Å²) >= 11 is 0. The molecule has 1 N–H and O–H groups in total. The Hall–Kier alpha value is -1.35. The first kappa shape index (κ1) is 15.5. The maximum absolute atomic E-state index is 12.7. The van der Waals surface area contributed by atoms with E-state index in [-0.39, 0.29) is 5.92 Å². The number of rotatable bonds is 3. The molecule has 0 bridgehead atoms. The molecule has 1 aromatic rings. The van der Waals surface area contributed by atoms with Gasteiger partial charge in [-0.15, -0.1) is 0 Å². The van der Waals surface area contributed by atoms with Gasteiger partial charge in [0.15, 0.2) is 0 Å². The van der Waals surface area contributed by atoms with E-state index in [0.717, 1.165) is 51.9 Å². The Morgan fingerprint density at radius 3 is 2.77 bits per heavy atom. The normalized spacial score (nSPS) is 29.3. The zero-order valence-electron chi connectivity index (χ0n) is 13.6. The van der Waals surface area contributed by atoms with E-state index in [0.29, 0.717) is 17.7 Å². The van der Waals surface area contributed by atoms with E-state index in [9.17, 15) is 4.79 Å². The summed E-state index contributed by atoms with van der Waals surface area (Å²) in [5, 5.41) is 3.37. The second-order valence-electron chi connectivity index (χ2n) is 6.80. The Morgan fingerprint density at radius 1 is 1.27 bits per heavy atom. The Bertz CT molecular complexity index is 481. The maximum Gasteiger partial charge on any atom is 0.226 e. The van der Waals surface area contributed by atoms with Gasteiger partial charge < -0.3 is 10.2 Å². The van der Waals surface area contributed by atoms with Crippen LogP contribution in [0.3, 0.4) is 0 Å². The van der Waals surface area contributed by atoms with Gasteiger partial charge in [0.1, 0.15) is 0 Å². The molecule has 0 radical (unpaired) electrons. The molecule has 0 aromatic heterocycles. The Labute approximate surface area is 134 Å². The van der Waals surface area contributed by atoms with Crippen molar-refractivity contribution in [3.8, 4) is 0 Å². The minimum Gasteiger partial charge on any atom is -0.342 e. The van der Waals surface area contributed by atoms with Gasteiger partial charge >= 0.3 is 0 Å². The van der Waals surface area contributed by atoms with E-state index in [2.05, 4.69) is 47.5 Å². The number of carbonyl (C=O) groups excluding carboxylic acids is 1. The molecule has 1 aromatic carbocycles. The van der Waals surface area contributed by atoms with Crippen LogP contribution in [0.4, 0.5) is 0 Å². The fourth-order valence-corrected chi connectivity index (χ4v) is 4.11. The molecule has 3 unspecified atom stereocenters. The smallest absolute Gasteiger partial charge is 0.226 e. The van der Waals surface area contributed by atoms with Gasteiger partial charge in [0.05, 0.1) is 5.92 Å². The van der Waals surface area contributed by atoms with E-state index in [1.54, 1.807) is 0 Å². The highest BCUT2D eigenvalue weighted by Crippen LogP contribution is 2.35. The van der Waals surface area contributed by atoms with Crippen molar-refractivity contribution in [3.05, 3.63) is 35.9 Å². The quantitative estimate of drug-likeness (QED) is 0.930. The standard InChI is InChI=1S/C19H28N2O/c1-2-15-14-21(19(22)17-9-6-11-20-13-17)12-10-18(15)16-7-4-3-5-8-16/h3-5,7-8,15,17-18,20H,2,6,9-14H2,1H3. The first-order valence-electron chi connectivity index (χ1n) is 8.84. The topological polar surface area (TPSA) is 32.3 Å². The predicted molar refractivity (Wildman–Crippen MR) is 89.8 cm³/mol. The van der Waals surface area contributed by atoms with Crippen LogP contribution in [0.15, 0.2) is 30.3 Å². The average molecular weight is 300 g/mol. The van der Waals surface area contributed by atoms with Crippen molar-refractivity contribution in [2.24, 2.45) is 11.8 Å². The van der Waals surface area contributed by atoms with Crippen molar-refractivity contribution >= 4 is 5.91 Å². The number of nitrogens with one attached hydrogen (secondary N) is 1. The number of carbonyl (C=O) groups is 1. The highest BCUT2D eigenvalue weighted by Gasteiger charge is 2.34. The summed E-state index contributed by atoms with van der Waals surface area (Å²) in [6.45, 7) is 6.05. The van der Waals surface area contributed by atoms with Crippen molar-refractivity contribution in [1.82, 2.24) is 10.2 Å². The first-order chi connectivity index (χ1) is 10.8. The van der Waals surface area contributed by atoms with Crippen molar-refractivity contribution < 1.29 is 4.79 Å². The molecule has 3 heteroatoms. The molecule has 2 aliphatic heterocycles. The lowest BCUT2D eigenvalue weighted by Crippen LogP contribution is -2.48. The Morgan fingerprint density at radius 2 is 2.09 bits per heavy atom.